The van der Waals surface area contributed by atoms with Gasteiger partial charge in [-0.1, -0.05) is 0 Å². The zero-order valence-electron chi connectivity index (χ0n) is 17.6. The van der Waals surface area contributed by atoms with Crippen molar-refractivity contribution in [3.63, 3.8) is 0 Å². The minimum atomic E-state index is -2.22. The predicted molar refractivity (Wildman–Crippen MR) is 104 cm³/mol. The van der Waals surface area contributed by atoms with Crippen LogP contribution in [0.5, 0.6) is 0 Å². The number of amides is 2. The van der Waals surface area contributed by atoms with E-state index < -0.39 is 42.3 Å². The Hall–Kier alpha value is 0.195. The molecule has 1 heterocycles. The maximum atomic E-state index is 12.2. The number of hydrogen-bond donors (Lipinski definition) is 0. The van der Waals surface area contributed by atoms with Crippen LogP contribution in [-0.2, 0) is 28.0 Å². The summed E-state index contributed by atoms with van der Waals surface area (Å²) in [6, 6.07) is 10.2. The van der Waals surface area contributed by atoms with Crippen molar-refractivity contribution < 1.29 is 68.7 Å². The summed E-state index contributed by atoms with van der Waals surface area (Å²) in [7, 11) is 1.64. The summed E-state index contributed by atoms with van der Waals surface area (Å²) in [5.74, 6) is 0. The number of carbonyl (C=O) groups excluding carboxylic acids is 2. The fourth-order valence-electron chi connectivity index (χ4n) is 2.51. The molecular formula is C19H28N2O4SnUV-2. The van der Waals surface area contributed by atoms with Crippen LogP contribution in [0.3, 0.4) is 0 Å². The molecule has 1 radical (unpaired) electrons. The Morgan fingerprint density at radius 2 is 1.86 bits per heavy atom. The number of anilines is 1. The number of benzene rings is 1. The van der Waals surface area contributed by atoms with Crippen LogP contribution in [0.1, 0.15) is 20.8 Å². The van der Waals surface area contributed by atoms with Gasteiger partial charge in [-0.25, -0.2) is 0 Å². The summed E-state index contributed by atoms with van der Waals surface area (Å²) >= 11 is -2.22. The number of rotatable bonds is 4. The Morgan fingerprint density at radius 1 is 1.32 bits per heavy atom. The summed E-state index contributed by atoms with van der Waals surface area (Å²) in [6.07, 6.45) is -1.25. The van der Waals surface area contributed by atoms with E-state index in [1.54, 1.807) is 11.9 Å². The molecule has 1 atom stereocenters. The summed E-state index contributed by atoms with van der Waals surface area (Å²) in [4.78, 5) is 34.1. The average Bonchev–Trinajstić information content (AvgIpc) is 2.85. The molecule has 0 bridgehead atoms. The molecule has 28 heavy (non-hydrogen) atoms. The zero-order valence-corrected chi connectivity index (χ0v) is 26.0. The van der Waals surface area contributed by atoms with Crippen molar-refractivity contribution in [2.75, 3.05) is 25.0 Å². The molecule has 2 amide bonds. The van der Waals surface area contributed by atoms with Crippen LogP contribution in [0.25, 0.3) is 0 Å². The van der Waals surface area contributed by atoms with E-state index in [4.69, 9.17) is 9.47 Å². The third kappa shape index (κ3) is 8.14. The number of hydrogen-bond acceptors (Lipinski definition) is 4. The van der Waals surface area contributed by atoms with E-state index in [1.165, 1.54) is 4.90 Å². The van der Waals surface area contributed by atoms with Crippen molar-refractivity contribution in [2.24, 2.45) is 0 Å². The molecule has 2 rings (SSSR count). The van der Waals surface area contributed by atoms with E-state index in [2.05, 4.69) is 27.0 Å². The Bertz CT molecular complexity index is 674. The summed E-state index contributed by atoms with van der Waals surface area (Å²) in [5.41, 5.74) is 0.159. The zero-order chi connectivity index (χ0) is 19.7. The first-order valence-corrected chi connectivity index (χ1v) is 18.7. The quantitative estimate of drug-likeness (QED) is 0.351. The van der Waals surface area contributed by atoms with Crippen LogP contribution in [0, 0.1) is 43.2 Å². The van der Waals surface area contributed by atoms with Crippen molar-refractivity contribution >= 4 is 39.8 Å². The van der Waals surface area contributed by atoms with Gasteiger partial charge in [0.25, 0.3) is 0 Å². The van der Waals surface area contributed by atoms with Crippen LogP contribution in [0.15, 0.2) is 12.1 Å². The van der Waals surface area contributed by atoms with E-state index >= 15 is 0 Å². The normalized spacial score (nSPS) is 16.6. The van der Waals surface area contributed by atoms with Crippen molar-refractivity contribution in [2.45, 2.75) is 47.3 Å². The molecular weight excluding hydrogens is 728 g/mol. The second kappa shape index (κ2) is 11.0. The van der Waals surface area contributed by atoms with Gasteiger partial charge in [0.15, 0.2) is 0 Å². The fraction of sp³-hybridized carbons (Fsp3) is 0.579. The average molecular weight is 756 g/mol. The Balaban J connectivity index is 0.00000364. The molecule has 1 aromatic rings. The molecule has 153 valence electrons. The van der Waals surface area contributed by atoms with E-state index in [-0.39, 0.29) is 56.2 Å². The standard InChI is InChI=1S/C16H19N2O4.3CH3.Sn.U.V/c1-16(2,3)22-14(19)17(4)10-13-11-18(15(20)21-13)12-8-6-5-7-9-12;;;;;;/h8-9,13H,10-11H2,1-4H3;3*1H3;;;/q-2;;;;;;/t13-;;;;;;/m0....../s1. The molecule has 0 aliphatic carbocycles. The van der Waals surface area contributed by atoms with Crippen molar-refractivity contribution in [3.05, 3.63) is 24.3 Å². The van der Waals surface area contributed by atoms with Crippen LogP contribution >= 0.6 is 0 Å². The molecule has 0 spiro atoms. The SMILES string of the molecule is CN(C[C@H]1CN(c2c[c-][c]([Sn]([CH3])([CH3])[CH3])[c-]c2)C(=O)O1)C(=O)OC(C)(C)C.[U].[V]. The molecule has 6 nitrogen and oxygen atoms in total. The van der Waals surface area contributed by atoms with Gasteiger partial charge in [0.1, 0.15) is 0 Å². The molecule has 1 saturated heterocycles. The van der Waals surface area contributed by atoms with Gasteiger partial charge in [0.05, 0.1) is 0 Å². The fourth-order valence-corrected chi connectivity index (χ4v) is 5.40. The smallest absolute Gasteiger partial charge is 0.0253 e. The van der Waals surface area contributed by atoms with Crippen molar-refractivity contribution in [1.82, 2.24) is 4.90 Å². The Kier molecular flexibility index (Phi) is 11.1. The van der Waals surface area contributed by atoms with Gasteiger partial charge in [-0.05, 0) is 20.8 Å². The van der Waals surface area contributed by atoms with Gasteiger partial charge in [0, 0.05) is 49.7 Å². The monoisotopic (exact) mass is 757 g/mol. The van der Waals surface area contributed by atoms with Gasteiger partial charge in [-0.15, -0.1) is 0 Å². The first-order valence-electron chi connectivity index (χ1n) is 8.73. The minimum absolute atomic E-state index is 0. The first-order chi connectivity index (χ1) is 11.9. The summed E-state index contributed by atoms with van der Waals surface area (Å²) < 4.78 is 11.9. The molecule has 0 N–H and O–H groups in total. The van der Waals surface area contributed by atoms with E-state index in [0.29, 0.717) is 6.54 Å². The van der Waals surface area contributed by atoms with Crippen LogP contribution in [-0.4, -0.2) is 67.3 Å². The number of ether oxygens (including phenoxy) is 2. The molecule has 0 unspecified atom stereocenters. The van der Waals surface area contributed by atoms with Crippen LogP contribution in [0.4, 0.5) is 15.3 Å². The summed E-state index contributed by atoms with van der Waals surface area (Å²) in [5, 5.41) is 0. The van der Waals surface area contributed by atoms with Gasteiger partial charge < -0.3 is 0 Å². The third-order valence-electron chi connectivity index (χ3n) is 3.85. The minimum Gasteiger partial charge on any atom is -0.0253 e. The van der Waals surface area contributed by atoms with E-state index in [9.17, 15) is 9.59 Å². The molecule has 9 heteroatoms. The molecule has 1 fully saturated rings. The first kappa shape index (κ1) is 28.2. The number of nitrogens with zero attached hydrogens (tertiary/aromatic N) is 2. The Morgan fingerprint density at radius 3 is 2.32 bits per heavy atom. The second-order valence-electron chi connectivity index (χ2n) is 8.60. The third-order valence-corrected chi connectivity index (χ3v) is 8.95. The van der Waals surface area contributed by atoms with Gasteiger partial charge in [-0.2, -0.15) is 0 Å². The molecule has 0 saturated carbocycles. The van der Waals surface area contributed by atoms with Crippen LogP contribution in [0.2, 0.25) is 14.8 Å². The number of carbonyl (C=O) groups is 2. The topological polar surface area (TPSA) is 59.1 Å². The van der Waals surface area contributed by atoms with Gasteiger partial charge >= 0.3 is 140 Å². The number of cyclic esters (lactones) is 1. The second-order valence-corrected chi connectivity index (χ2v) is 22.9. The maximum absolute atomic E-state index is 12.2. The molecule has 1 aromatic carbocycles. The Labute approximate surface area is 208 Å². The molecule has 1 aliphatic rings. The van der Waals surface area contributed by atoms with Crippen LogP contribution < -0.4 is 8.48 Å². The van der Waals surface area contributed by atoms with E-state index in [1.807, 2.05) is 32.9 Å². The van der Waals surface area contributed by atoms with E-state index in [0.717, 1.165) is 9.27 Å². The van der Waals surface area contributed by atoms with Crippen molar-refractivity contribution in [1.29, 1.82) is 0 Å². The number of likely N-dealkylation sites (N-methyl/N-ethyl adjacent to an activating group) is 1. The predicted octanol–water partition coefficient (Wildman–Crippen LogP) is 3.02. The summed E-state index contributed by atoms with van der Waals surface area (Å²) in [6.45, 7) is 6.10. The molecule has 1 aliphatic heterocycles. The van der Waals surface area contributed by atoms with Gasteiger partial charge in [0.2, 0.25) is 0 Å². The van der Waals surface area contributed by atoms with Crippen molar-refractivity contribution in [3.8, 4) is 0 Å². The van der Waals surface area contributed by atoms with Gasteiger partial charge in [-0.3, -0.25) is 0 Å². The molecule has 0 aromatic heterocycles.